The molecule has 0 aromatic heterocycles. The molecule has 7 heteroatoms. The van der Waals surface area contributed by atoms with E-state index >= 15 is 0 Å². The van der Waals surface area contributed by atoms with Crippen LogP contribution in [-0.2, 0) is 15.3 Å². The number of nitrogens with one attached hydrogen (secondary N) is 1. The number of hydrogen-bond acceptors (Lipinski definition) is 6. The SMILES string of the molecule is CCCCCCCC1OC2(c3cccc(Cl)c3)OC(=N)C(C#N)(C2C)C1(C#N)C#N. The van der Waals surface area contributed by atoms with Crippen LogP contribution in [0.4, 0.5) is 0 Å². The number of fused-ring (bicyclic) bond motifs is 2. The Labute approximate surface area is 182 Å². The summed E-state index contributed by atoms with van der Waals surface area (Å²) in [6.45, 7) is 3.83. The van der Waals surface area contributed by atoms with Gasteiger partial charge >= 0.3 is 0 Å². The molecular weight excluding hydrogens is 400 g/mol. The smallest absolute Gasteiger partial charge is 0.243 e. The molecule has 1 aromatic carbocycles. The zero-order valence-electron chi connectivity index (χ0n) is 17.2. The van der Waals surface area contributed by atoms with Gasteiger partial charge in [0.1, 0.15) is 0 Å². The van der Waals surface area contributed by atoms with Gasteiger partial charge in [-0.2, -0.15) is 15.8 Å². The quantitative estimate of drug-likeness (QED) is 0.585. The van der Waals surface area contributed by atoms with Gasteiger partial charge in [0.05, 0.1) is 30.2 Å². The van der Waals surface area contributed by atoms with Crippen molar-refractivity contribution in [3.05, 3.63) is 34.9 Å². The minimum atomic E-state index is -1.83. The van der Waals surface area contributed by atoms with Crippen LogP contribution in [0.2, 0.25) is 5.02 Å². The monoisotopic (exact) mass is 424 g/mol. The van der Waals surface area contributed by atoms with Crippen LogP contribution in [0.15, 0.2) is 24.3 Å². The van der Waals surface area contributed by atoms with Gasteiger partial charge in [0.25, 0.3) is 0 Å². The predicted molar refractivity (Wildman–Crippen MR) is 111 cm³/mol. The number of benzene rings is 1. The summed E-state index contributed by atoms with van der Waals surface area (Å²) < 4.78 is 12.3. The first kappa shape index (κ1) is 22.1. The van der Waals surface area contributed by atoms with Crippen LogP contribution in [0, 0.1) is 56.2 Å². The fourth-order valence-electron chi connectivity index (χ4n) is 4.87. The molecule has 3 rings (SSSR count). The number of halogens is 1. The molecule has 6 nitrogen and oxygen atoms in total. The van der Waals surface area contributed by atoms with Crippen molar-refractivity contribution < 1.29 is 9.47 Å². The van der Waals surface area contributed by atoms with Crippen molar-refractivity contribution in [2.75, 3.05) is 0 Å². The van der Waals surface area contributed by atoms with Gasteiger partial charge in [-0.3, -0.25) is 5.41 Å². The summed E-state index contributed by atoms with van der Waals surface area (Å²) in [5.41, 5.74) is -2.99. The average molecular weight is 425 g/mol. The van der Waals surface area contributed by atoms with Gasteiger partial charge < -0.3 is 9.47 Å². The molecule has 4 unspecified atom stereocenters. The molecule has 2 fully saturated rings. The summed E-state index contributed by atoms with van der Waals surface area (Å²) in [6.07, 6.45) is 4.54. The maximum Gasteiger partial charge on any atom is 0.243 e. The molecule has 0 spiro atoms. The molecule has 1 aromatic rings. The second-order valence-electron chi connectivity index (χ2n) is 8.09. The van der Waals surface area contributed by atoms with E-state index in [2.05, 4.69) is 25.1 Å². The van der Waals surface area contributed by atoms with E-state index in [1.165, 1.54) is 0 Å². The molecule has 0 amide bonds. The summed E-state index contributed by atoms with van der Waals surface area (Å²) in [5.74, 6) is -2.59. The van der Waals surface area contributed by atoms with E-state index in [9.17, 15) is 15.8 Å². The van der Waals surface area contributed by atoms with Gasteiger partial charge in [-0.1, -0.05) is 69.7 Å². The van der Waals surface area contributed by atoms with Crippen molar-refractivity contribution in [3.8, 4) is 18.2 Å². The molecule has 2 aliphatic heterocycles. The highest BCUT2D eigenvalue weighted by atomic mass is 35.5. The Morgan fingerprint density at radius 2 is 1.80 bits per heavy atom. The van der Waals surface area contributed by atoms with Crippen molar-refractivity contribution in [2.45, 2.75) is 64.3 Å². The lowest BCUT2D eigenvalue weighted by molar-refractivity contribution is -0.286. The van der Waals surface area contributed by atoms with Crippen LogP contribution in [0.25, 0.3) is 0 Å². The normalized spacial score (nSPS) is 31.3. The minimum Gasteiger partial charge on any atom is -0.443 e. The summed E-state index contributed by atoms with van der Waals surface area (Å²) in [7, 11) is 0. The van der Waals surface area contributed by atoms with Gasteiger partial charge in [-0.25, -0.2) is 0 Å². The van der Waals surface area contributed by atoms with Crippen LogP contribution < -0.4 is 0 Å². The number of hydrogen-bond donors (Lipinski definition) is 1. The van der Waals surface area contributed by atoms with Crippen molar-refractivity contribution in [1.29, 1.82) is 21.2 Å². The van der Waals surface area contributed by atoms with E-state index in [0.29, 0.717) is 17.0 Å². The van der Waals surface area contributed by atoms with Gasteiger partial charge in [-0.05, 0) is 18.6 Å². The highest BCUT2D eigenvalue weighted by Crippen LogP contribution is 2.66. The molecule has 2 aliphatic rings. The number of rotatable bonds is 7. The van der Waals surface area contributed by atoms with E-state index in [1.54, 1.807) is 31.2 Å². The molecule has 0 saturated carbocycles. The maximum atomic E-state index is 10.2. The lowest BCUT2D eigenvalue weighted by Gasteiger charge is -2.48. The van der Waals surface area contributed by atoms with E-state index in [0.717, 1.165) is 32.1 Å². The van der Waals surface area contributed by atoms with Crippen LogP contribution >= 0.6 is 11.6 Å². The number of nitrogens with zero attached hydrogens (tertiary/aromatic N) is 3. The summed E-state index contributed by atoms with van der Waals surface area (Å²) in [4.78, 5) is 0. The maximum absolute atomic E-state index is 10.2. The minimum absolute atomic E-state index is 0.394. The third-order valence-electron chi connectivity index (χ3n) is 6.58. The molecule has 2 heterocycles. The molecular formula is C23H25ClN4O2. The van der Waals surface area contributed by atoms with E-state index in [-0.39, 0.29) is 0 Å². The fraction of sp³-hybridized carbons (Fsp3) is 0.565. The number of unbranched alkanes of at least 4 members (excludes halogenated alkanes) is 4. The molecule has 156 valence electrons. The molecule has 0 aliphatic carbocycles. The Balaban J connectivity index is 2.10. The zero-order chi connectivity index (χ0) is 22.0. The van der Waals surface area contributed by atoms with Gasteiger partial charge in [-0.15, -0.1) is 0 Å². The van der Waals surface area contributed by atoms with Crippen LogP contribution in [0.3, 0.4) is 0 Å². The molecule has 30 heavy (non-hydrogen) atoms. The van der Waals surface area contributed by atoms with Crippen molar-refractivity contribution >= 4 is 17.5 Å². The van der Waals surface area contributed by atoms with Gasteiger partial charge in [0.2, 0.25) is 11.7 Å². The largest absolute Gasteiger partial charge is 0.443 e. The van der Waals surface area contributed by atoms with E-state index in [1.807, 2.05) is 0 Å². The highest BCUT2D eigenvalue weighted by molar-refractivity contribution is 6.30. The Morgan fingerprint density at radius 1 is 1.10 bits per heavy atom. The molecule has 2 bridgehead atoms. The summed E-state index contributed by atoms with van der Waals surface area (Å²) in [5, 5.41) is 39.5. The van der Waals surface area contributed by atoms with E-state index < -0.39 is 34.5 Å². The van der Waals surface area contributed by atoms with Crippen molar-refractivity contribution in [1.82, 2.24) is 0 Å². The molecule has 0 radical (unpaired) electrons. The Bertz CT molecular complexity index is 945. The number of ether oxygens (including phenoxy) is 2. The Morgan fingerprint density at radius 3 is 2.40 bits per heavy atom. The first-order valence-electron chi connectivity index (χ1n) is 10.3. The lowest BCUT2D eigenvalue weighted by atomic mass is 9.53. The average Bonchev–Trinajstić information content (AvgIpc) is 2.91. The first-order valence-corrected chi connectivity index (χ1v) is 10.7. The number of nitriles is 3. The first-order chi connectivity index (χ1) is 14.4. The zero-order valence-corrected chi connectivity index (χ0v) is 18.0. The Kier molecular flexibility index (Phi) is 6.09. The Hall–Kier alpha value is -2.59. The van der Waals surface area contributed by atoms with E-state index in [4.69, 9.17) is 26.5 Å². The van der Waals surface area contributed by atoms with Crippen molar-refractivity contribution in [2.24, 2.45) is 16.7 Å². The lowest BCUT2D eigenvalue weighted by Crippen LogP contribution is -2.60. The fourth-order valence-corrected chi connectivity index (χ4v) is 5.06. The third kappa shape index (κ3) is 2.89. The summed E-state index contributed by atoms with van der Waals surface area (Å²) >= 11 is 6.19. The topological polar surface area (TPSA) is 114 Å². The standard InChI is InChI=1S/C23H25ClN4O2/c1-3-4-5-6-7-11-19-21(13-25,14-26)22(15-27)16(2)23(29-19,30-20(22)28)17-9-8-10-18(24)12-17/h8-10,12,16,19,28H,3-7,11H2,1-2H3. The van der Waals surface area contributed by atoms with Crippen LogP contribution in [-0.4, -0.2) is 12.0 Å². The molecule has 2 saturated heterocycles. The van der Waals surface area contributed by atoms with Crippen LogP contribution in [0.1, 0.15) is 57.9 Å². The second kappa shape index (κ2) is 8.27. The predicted octanol–water partition coefficient (Wildman–Crippen LogP) is 5.44. The van der Waals surface area contributed by atoms with Crippen molar-refractivity contribution in [3.63, 3.8) is 0 Å². The van der Waals surface area contributed by atoms with Crippen LogP contribution in [0.5, 0.6) is 0 Å². The van der Waals surface area contributed by atoms with Gasteiger partial charge in [0, 0.05) is 10.6 Å². The molecule has 1 N–H and O–H groups in total. The third-order valence-corrected chi connectivity index (χ3v) is 6.81. The molecule has 4 atom stereocenters. The second-order valence-corrected chi connectivity index (χ2v) is 8.53. The van der Waals surface area contributed by atoms with Gasteiger partial charge in [0.15, 0.2) is 10.8 Å². The summed E-state index contributed by atoms with van der Waals surface area (Å²) in [6, 6.07) is 13.2. The highest BCUT2D eigenvalue weighted by Gasteiger charge is 2.79.